The van der Waals surface area contributed by atoms with Gasteiger partial charge in [0.25, 0.3) is 11.7 Å². The maximum atomic E-state index is 12.4. The zero-order valence-electron chi connectivity index (χ0n) is 13.6. The molecule has 1 heterocycles. The Kier molecular flexibility index (Phi) is 4.49. The molecule has 116 valence electrons. The Morgan fingerprint density at radius 2 is 1.90 bits per heavy atom. The molecule has 21 heavy (non-hydrogen) atoms. The lowest BCUT2D eigenvalue weighted by Gasteiger charge is -2.34. The summed E-state index contributed by atoms with van der Waals surface area (Å²) in [5, 5.41) is 7.14. The Bertz CT molecular complexity index is 562. The van der Waals surface area contributed by atoms with E-state index in [0.29, 0.717) is 23.1 Å². The predicted molar refractivity (Wildman–Crippen MR) is 81.1 cm³/mol. The summed E-state index contributed by atoms with van der Waals surface area (Å²) in [4.78, 5) is 24.7. The second kappa shape index (κ2) is 6.00. The summed E-state index contributed by atoms with van der Waals surface area (Å²) < 4.78 is 1.64. The van der Waals surface area contributed by atoms with Gasteiger partial charge in [0.05, 0.1) is 11.3 Å². The van der Waals surface area contributed by atoms with Crippen LogP contribution >= 0.6 is 0 Å². The number of aromatic nitrogens is 2. The van der Waals surface area contributed by atoms with Crippen LogP contribution in [0, 0.1) is 25.7 Å². The average Bonchev–Trinajstić information content (AvgIpc) is 2.68. The highest BCUT2D eigenvalue weighted by Gasteiger charge is 2.31. The van der Waals surface area contributed by atoms with Gasteiger partial charge in [-0.1, -0.05) is 26.7 Å². The SMILES string of the molecule is Cc1nn(C)c(C)c1C(=O)C(=O)N[C@@H]1CCC[C@H](C)[C@H]1C. The van der Waals surface area contributed by atoms with Crippen LogP contribution in [0.2, 0.25) is 0 Å². The molecular weight excluding hydrogens is 266 g/mol. The number of carbonyl (C=O) groups excluding carboxylic acids is 2. The maximum absolute atomic E-state index is 12.4. The van der Waals surface area contributed by atoms with E-state index in [9.17, 15) is 9.59 Å². The van der Waals surface area contributed by atoms with Crippen LogP contribution in [0.1, 0.15) is 54.9 Å². The molecule has 0 aliphatic heterocycles. The third kappa shape index (κ3) is 3.01. The fraction of sp³-hybridized carbons (Fsp3) is 0.688. The molecule has 1 aliphatic carbocycles. The Balaban J connectivity index is 2.11. The highest BCUT2D eigenvalue weighted by atomic mass is 16.2. The monoisotopic (exact) mass is 291 g/mol. The van der Waals surface area contributed by atoms with Crippen LogP contribution in [-0.2, 0) is 11.8 Å². The molecule has 1 fully saturated rings. The number of aryl methyl sites for hydroxylation is 2. The quantitative estimate of drug-likeness (QED) is 0.685. The first-order valence-electron chi connectivity index (χ1n) is 7.68. The molecule has 1 saturated carbocycles. The zero-order chi connectivity index (χ0) is 15.7. The summed E-state index contributed by atoms with van der Waals surface area (Å²) in [7, 11) is 1.78. The van der Waals surface area contributed by atoms with Crippen molar-refractivity contribution in [2.45, 2.75) is 53.0 Å². The van der Waals surface area contributed by atoms with E-state index in [1.54, 1.807) is 18.7 Å². The normalized spacial score (nSPS) is 25.7. The van der Waals surface area contributed by atoms with Gasteiger partial charge in [0.15, 0.2) is 0 Å². The van der Waals surface area contributed by atoms with Crippen molar-refractivity contribution in [2.24, 2.45) is 18.9 Å². The largest absolute Gasteiger partial charge is 0.346 e. The Morgan fingerprint density at radius 1 is 1.24 bits per heavy atom. The fourth-order valence-electron chi connectivity index (χ4n) is 3.24. The van der Waals surface area contributed by atoms with E-state index in [-0.39, 0.29) is 6.04 Å². The number of nitrogens with zero attached hydrogens (tertiary/aromatic N) is 2. The second-order valence-corrected chi connectivity index (χ2v) is 6.35. The number of carbonyl (C=O) groups is 2. The van der Waals surface area contributed by atoms with E-state index >= 15 is 0 Å². The molecule has 0 saturated heterocycles. The standard InChI is InChI=1S/C16H25N3O2/c1-9-7-6-8-13(10(9)2)17-16(21)15(20)14-11(3)18-19(5)12(14)4/h9-10,13H,6-8H2,1-5H3,(H,17,21)/t9-,10+,13+/m0/s1. The van der Waals surface area contributed by atoms with Gasteiger partial charge in [-0.25, -0.2) is 0 Å². The first kappa shape index (κ1) is 15.7. The summed E-state index contributed by atoms with van der Waals surface area (Å²) in [5.74, 6) is 0.0243. The number of Topliss-reactive ketones (excluding diaryl/α,β-unsaturated/α-hetero) is 1. The molecule has 5 heteroatoms. The minimum Gasteiger partial charge on any atom is -0.346 e. The van der Waals surface area contributed by atoms with E-state index in [1.165, 1.54) is 6.42 Å². The molecule has 0 aromatic carbocycles. The van der Waals surface area contributed by atoms with Gasteiger partial charge >= 0.3 is 0 Å². The highest BCUT2D eigenvalue weighted by Crippen LogP contribution is 2.29. The molecule has 1 aliphatic rings. The number of hydrogen-bond donors (Lipinski definition) is 1. The van der Waals surface area contributed by atoms with Crippen LogP contribution in [0.5, 0.6) is 0 Å². The molecule has 1 aromatic heterocycles. The lowest BCUT2D eigenvalue weighted by atomic mass is 9.78. The first-order chi connectivity index (χ1) is 9.82. The fourth-order valence-corrected chi connectivity index (χ4v) is 3.24. The summed E-state index contributed by atoms with van der Waals surface area (Å²) in [5.41, 5.74) is 1.78. The van der Waals surface area contributed by atoms with Gasteiger partial charge in [0.1, 0.15) is 0 Å². The van der Waals surface area contributed by atoms with Gasteiger partial charge in [0, 0.05) is 18.8 Å². The molecular formula is C16H25N3O2. The Labute approximate surface area is 126 Å². The maximum Gasteiger partial charge on any atom is 0.292 e. The summed E-state index contributed by atoms with van der Waals surface area (Å²) in [6.45, 7) is 7.94. The molecule has 0 radical (unpaired) electrons. The number of nitrogens with one attached hydrogen (secondary N) is 1. The van der Waals surface area contributed by atoms with Gasteiger partial charge in [-0.05, 0) is 32.1 Å². The van der Waals surface area contributed by atoms with E-state index in [0.717, 1.165) is 18.5 Å². The highest BCUT2D eigenvalue weighted by molar-refractivity contribution is 6.43. The third-order valence-electron chi connectivity index (χ3n) is 4.97. The van der Waals surface area contributed by atoms with Crippen LogP contribution in [0.3, 0.4) is 0 Å². The molecule has 1 amide bonds. The van der Waals surface area contributed by atoms with Crippen LogP contribution in [0.15, 0.2) is 0 Å². The Hall–Kier alpha value is -1.65. The second-order valence-electron chi connectivity index (χ2n) is 6.35. The minimum absolute atomic E-state index is 0.0995. The van der Waals surface area contributed by atoms with Crippen molar-refractivity contribution >= 4 is 11.7 Å². The first-order valence-corrected chi connectivity index (χ1v) is 7.68. The van der Waals surface area contributed by atoms with Crippen molar-refractivity contribution in [2.75, 3.05) is 0 Å². The molecule has 0 unspecified atom stereocenters. The number of hydrogen-bond acceptors (Lipinski definition) is 3. The summed E-state index contributed by atoms with van der Waals surface area (Å²) in [6, 6.07) is 0.0995. The zero-order valence-corrected chi connectivity index (χ0v) is 13.6. The van der Waals surface area contributed by atoms with Crippen molar-refractivity contribution in [3.63, 3.8) is 0 Å². The third-order valence-corrected chi connectivity index (χ3v) is 4.97. The number of rotatable bonds is 3. The van der Waals surface area contributed by atoms with Gasteiger partial charge in [-0.3, -0.25) is 14.3 Å². The van der Waals surface area contributed by atoms with Crippen molar-refractivity contribution in [1.82, 2.24) is 15.1 Å². The molecule has 0 bridgehead atoms. The predicted octanol–water partition coefficient (Wildman–Crippen LogP) is 2.16. The van der Waals surface area contributed by atoms with E-state index in [2.05, 4.69) is 24.3 Å². The van der Waals surface area contributed by atoms with Crippen LogP contribution in [0.25, 0.3) is 0 Å². The Morgan fingerprint density at radius 3 is 2.48 bits per heavy atom. The van der Waals surface area contributed by atoms with Gasteiger partial charge < -0.3 is 5.32 Å². The van der Waals surface area contributed by atoms with Crippen molar-refractivity contribution in [1.29, 1.82) is 0 Å². The van der Waals surface area contributed by atoms with Gasteiger partial charge in [-0.15, -0.1) is 0 Å². The smallest absolute Gasteiger partial charge is 0.292 e. The van der Waals surface area contributed by atoms with Crippen LogP contribution < -0.4 is 5.32 Å². The van der Waals surface area contributed by atoms with Gasteiger partial charge in [0.2, 0.25) is 0 Å². The molecule has 1 N–H and O–H groups in total. The van der Waals surface area contributed by atoms with Gasteiger partial charge in [-0.2, -0.15) is 5.10 Å². The topological polar surface area (TPSA) is 64.0 Å². The molecule has 3 atom stereocenters. The van der Waals surface area contributed by atoms with E-state index in [1.807, 2.05) is 6.92 Å². The molecule has 5 nitrogen and oxygen atoms in total. The van der Waals surface area contributed by atoms with E-state index in [4.69, 9.17) is 0 Å². The lowest BCUT2D eigenvalue weighted by Crippen LogP contribution is -2.46. The van der Waals surface area contributed by atoms with Crippen molar-refractivity contribution in [3.8, 4) is 0 Å². The minimum atomic E-state index is -0.500. The number of ketones is 1. The molecule has 1 aromatic rings. The molecule has 2 rings (SSSR count). The van der Waals surface area contributed by atoms with Crippen LogP contribution in [-0.4, -0.2) is 27.5 Å². The van der Waals surface area contributed by atoms with E-state index < -0.39 is 11.7 Å². The van der Waals surface area contributed by atoms with Crippen LogP contribution in [0.4, 0.5) is 0 Å². The average molecular weight is 291 g/mol. The van der Waals surface area contributed by atoms with Crippen molar-refractivity contribution in [3.05, 3.63) is 17.0 Å². The van der Waals surface area contributed by atoms with Crippen molar-refractivity contribution < 1.29 is 9.59 Å². The number of amides is 1. The lowest BCUT2D eigenvalue weighted by molar-refractivity contribution is -0.118. The summed E-state index contributed by atoms with van der Waals surface area (Å²) >= 11 is 0. The summed E-state index contributed by atoms with van der Waals surface area (Å²) in [6.07, 6.45) is 3.26. The molecule has 0 spiro atoms.